The number of amides is 1. The van der Waals surface area contributed by atoms with Gasteiger partial charge in [0.15, 0.2) is 11.6 Å². The molecule has 0 unspecified atom stereocenters. The van der Waals surface area contributed by atoms with Gasteiger partial charge >= 0.3 is 0 Å². The van der Waals surface area contributed by atoms with Gasteiger partial charge in [-0.15, -0.1) is 0 Å². The standard InChI is InChI=1S/C19H22FN3O3/c1-4-5-9-26-16-8-6-7-14(17(16)20)23-19(24)13-10-12(2)15(11-25-3)22-18(13)21/h4-8,10H,9,11H2,1-3H3,(H2,21,22)(H,23,24). The molecule has 0 aliphatic heterocycles. The molecule has 138 valence electrons. The van der Waals surface area contributed by atoms with Crippen molar-refractivity contribution in [3.8, 4) is 5.75 Å². The number of aromatic nitrogens is 1. The molecule has 1 aromatic heterocycles. The largest absolute Gasteiger partial charge is 0.486 e. The summed E-state index contributed by atoms with van der Waals surface area (Å²) in [4.78, 5) is 16.7. The molecule has 0 bridgehead atoms. The van der Waals surface area contributed by atoms with Gasteiger partial charge in [-0.2, -0.15) is 0 Å². The zero-order valence-electron chi connectivity index (χ0n) is 15.0. The van der Waals surface area contributed by atoms with Crippen LogP contribution in [0.2, 0.25) is 0 Å². The molecule has 1 heterocycles. The lowest BCUT2D eigenvalue weighted by Crippen LogP contribution is -2.17. The number of halogens is 1. The second kappa shape index (κ2) is 8.96. The molecule has 26 heavy (non-hydrogen) atoms. The Morgan fingerprint density at radius 1 is 1.42 bits per heavy atom. The lowest BCUT2D eigenvalue weighted by atomic mass is 10.1. The van der Waals surface area contributed by atoms with Gasteiger partial charge in [0.05, 0.1) is 23.6 Å². The van der Waals surface area contributed by atoms with Gasteiger partial charge in [-0.1, -0.05) is 18.2 Å². The first kappa shape index (κ1) is 19.4. The Morgan fingerprint density at radius 2 is 2.19 bits per heavy atom. The van der Waals surface area contributed by atoms with Crippen LogP contribution in [-0.4, -0.2) is 24.6 Å². The van der Waals surface area contributed by atoms with Crippen molar-refractivity contribution in [2.45, 2.75) is 20.5 Å². The maximum absolute atomic E-state index is 14.5. The molecule has 0 saturated heterocycles. The molecular formula is C19H22FN3O3. The fraction of sp³-hybridized carbons (Fsp3) is 0.263. The van der Waals surface area contributed by atoms with Crippen LogP contribution in [0.25, 0.3) is 0 Å². The molecule has 2 aromatic rings. The van der Waals surface area contributed by atoms with Gasteiger partial charge in [0.1, 0.15) is 12.4 Å². The average Bonchev–Trinajstić information content (AvgIpc) is 2.61. The second-order valence-corrected chi connectivity index (χ2v) is 5.57. The van der Waals surface area contributed by atoms with Gasteiger partial charge < -0.3 is 20.5 Å². The molecule has 0 spiro atoms. The smallest absolute Gasteiger partial charge is 0.259 e. The molecule has 0 aliphatic carbocycles. The monoisotopic (exact) mass is 359 g/mol. The third kappa shape index (κ3) is 4.58. The number of rotatable bonds is 7. The van der Waals surface area contributed by atoms with Crippen molar-refractivity contribution in [1.82, 2.24) is 4.98 Å². The summed E-state index contributed by atoms with van der Waals surface area (Å²) in [5.41, 5.74) is 7.45. The predicted octanol–water partition coefficient (Wildman–Crippen LogP) is 3.46. The van der Waals surface area contributed by atoms with Gasteiger partial charge in [-0.25, -0.2) is 9.37 Å². The predicted molar refractivity (Wildman–Crippen MR) is 98.8 cm³/mol. The number of nitrogen functional groups attached to an aromatic ring is 1. The van der Waals surface area contributed by atoms with Crippen molar-refractivity contribution in [2.75, 3.05) is 24.8 Å². The second-order valence-electron chi connectivity index (χ2n) is 5.57. The Balaban J connectivity index is 2.22. The van der Waals surface area contributed by atoms with Crippen LogP contribution in [0.3, 0.4) is 0 Å². The number of anilines is 2. The molecule has 0 saturated carbocycles. The molecular weight excluding hydrogens is 337 g/mol. The van der Waals surface area contributed by atoms with Crippen molar-refractivity contribution in [2.24, 2.45) is 0 Å². The van der Waals surface area contributed by atoms with Crippen LogP contribution in [0.1, 0.15) is 28.5 Å². The average molecular weight is 359 g/mol. The minimum Gasteiger partial charge on any atom is -0.486 e. The molecule has 2 rings (SSSR count). The highest BCUT2D eigenvalue weighted by molar-refractivity contribution is 6.07. The van der Waals surface area contributed by atoms with E-state index < -0.39 is 11.7 Å². The van der Waals surface area contributed by atoms with Gasteiger partial charge in [0, 0.05) is 7.11 Å². The molecule has 1 amide bonds. The first-order valence-electron chi connectivity index (χ1n) is 8.06. The number of carbonyl (C=O) groups excluding carboxylic acids is 1. The molecule has 1 aromatic carbocycles. The third-order valence-electron chi connectivity index (χ3n) is 3.66. The van der Waals surface area contributed by atoms with Crippen molar-refractivity contribution >= 4 is 17.4 Å². The normalized spacial score (nSPS) is 10.9. The number of aryl methyl sites for hydroxylation is 1. The Kier molecular flexibility index (Phi) is 6.68. The number of allylic oxidation sites excluding steroid dienone is 1. The SMILES string of the molecule is CC=CCOc1cccc(NC(=O)c2cc(C)c(COC)nc2N)c1F. The van der Waals surface area contributed by atoms with Crippen molar-refractivity contribution in [3.05, 3.63) is 59.1 Å². The van der Waals surface area contributed by atoms with E-state index in [-0.39, 0.29) is 36.0 Å². The van der Waals surface area contributed by atoms with E-state index in [0.717, 1.165) is 5.56 Å². The van der Waals surface area contributed by atoms with Crippen LogP contribution in [0, 0.1) is 12.7 Å². The van der Waals surface area contributed by atoms with E-state index in [9.17, 15) is 9.18 Å². The first-order chi connectivity index (χ1) is 12.5. The minimum atomic E-state index is -0.649. The number of hydrogen-bond acceptors (Lipinski definition) is 5. The van der Waals surface area contributed by atoms with E-state index in [0.29, 0.717) is 5.69 Å². The van der Waals surface area contributed by atoms with E-state index in [1.807, 2.05) is 6.92 Å². The number of nitrogens with two attached hydrogens (primary N) is 1. The van der Waals surface area contributed by atoms with E-state index in [2.05, 4.69) is 10.3 Å². The quantitative estimate of drug-likeness (QED) is 0.739. The van der Waals surface area contributed by atoms with E-state index in [1.165, 1.54) is 12.1 Å². The summed E-state index contributed by atoms with van der Waals surface area (Å²) in [6, 6.07) is 6.15. The highest BCUT2D eigenvalue weighted by Gasteiger charge is 2.17. The fourth-order valence-corrected chi connectivity index (χ4v) is 2.27. The maximum atomic E-state index is 14.5. The van der Waals surface area contributed by atoms with E-state index >= 15 is 0 Å². The molecule has 3 N–H and O–H groups in total. The summed E-state index contributed by atoms with van der Waals surface area (Å²) >= 11 is 0. The van der Waals surface area contributed by atoms with Crippen molar-refractivity contribution in [1.29, 1.82) is 0 Å². The summed E-state index contributed by atoms with van der Waals surface area (Å²) in [5.74, 6) is -1.09. The highest BCUT2D eigenvalue weighted by Crippen LogP contribution is 2.25. The van der Waals surface area contributed by atoms with Crippen LogP contribution in [0.5, 0.6) is 5.75 Å². The van der Waals surface area contributed by atoms with Gasteiger partial charge in [-0.3, -0.25) is 4.79 Å². The molecule has 7 heteroatoms. The van der Waals surface area contributed by atoms with Crippen LogP contribution in [0.15, 0.2) is 36.4 Å². The first-order valence-corrected chi connectivity index (χ1v) is 8.06. The molecule has 0 radical (unpaired) electrons. The summed E-state index contributed by atoms with van der Waals surface area (Å²) in [6.07, 6.45) is 3.55. The van der Waals surface area contributed by atoms with E-state index in [1.54, 1.807) is 38.3 Å². The topological polar surface area (TPSA) is 86.5 Å². The van der Waals surface area contributed by atoms with Gasteiger partial charge in [0.25, 0.3) is 5.91 Å². The molecule has 0 atom stereocenters. The maximum Gasteiger partial charge on any atom is 0.259 e. The molecule has 0 aliphatic rings. The Morgan fingerprint density at radius 3 is 2.88 bits per heavy atom. The van der Waals surface area contributed by atoms with Gasteiger partial charge in [0.2, 0.25) is 0 Å². The fourth-order valence-electron chi connectivity index (χ4n) is 2.27. The Hall–Kier alpha value is -2.93. The van der Waals surface area contributed by atoms with Crippen LogP contribution >= 0.6 is 0 Å². The van der Waals surface area contributed by atoms with Crippen molar-refractivity contribution < 1.29 is 18.7 Å². The van der Waals surface area contributed by atoms with Crippen LogP contribution in [-0.2, 0) is 11.3 Å². The summed E-state index contributed by atoms with van der Waals surface area (Å²) in [7, 11) is 1.55. The molecule has 6 nitrogen and oxygen atoms in total. The number of pyridine rings is 1. The highest BCUT2D eigenvalue weighted by atomic mass is 19.1. The van der Waals surface area contributed by atoms with E-state index in [4.69, 9.17) is 15.2 Å². The third-order valence-corrected chi connectivity index (χ3v) is 3.66. The number of nitrogens with zero attached hydrogens (tertiary/aromatic N) is 1. The lowest BCUT2D eigenvalue weighted by Gasteiger charge is -2.13. The lowest BCUT2D eigenvalue weighted by molar-refractivity contribution is 0.102. The Labute approximate surface area is 151 Å². The minimum absolute atomic E-state index is 0.00555. The Bertz CT molecular complexity index is 822. The number of methoxy groups -OCH3 is 1. The number of hydrogen-bond donors (Lipinski definition) is 2. The molecule has 0 fully saturated rings. The zero-order valence-corrected chi connectivity index (χ0v) is 15.0. The number of carbonyl (C=O) groups is 1. The van der Waals surface area contributed by atoms with Crippen LogP contribution < -0.4 is 15.8 Å². The zero-order chi connectivity index (χ0) is 19.1. The van der Waals surface area contributed by atoms with Crippen LogP contribution in [0.4, 0.5) is 15.9 Å². The number of ether oxygens (including phenoxy) is 2. The summed E-state index contributed by atoms with van der Waals surface area (Å²) in [5, 5.41) is 2.51. The summed E-state index contributed by atoms with van der Waals surface area (Å²) in [6.45, 7) is 4.17. The number of benzene rings is 1. The summed E-state index contributed by atoms with van der Waals surface area (Å²) < 4.78 is 24.9. The number of nitrogens with one attached hydrogen (secondary N) is 1. The van der Waals surface area contributed by atoms with Crippen molar-refractivity contribution in [3.63, 3.8) is 0 Å². The van der Waals surface area contributed by atoms with Gasteiger partial charge in [-0.05, 0) is 37.6 Å².